The van der Waals surface area contributed by atoms with Crippen molar-refractivity contribution in [3.8, 4) is 0 Å². The normalized spacial score (nSPS) is 17.0. The van der Waals surface area contributed by atoms with Gasteiger partial charge < -0.3 is 10.1 Å². The van der Waals surface area contributed by atoms with Gasteiger partial charge in [0.1, 0.15) is 0 Å². The molecule has 23 heavy (non-hydrogen) atoms. The molecule has 1 aliphatic rings. The molecule has 0 saturated carbocycles. The van der Waals surface area contributed by atoms with Gasteiger partial charge in [-0.15, -0.1) is 11.3 Å². The third-order valence-electron chi connectivity index (χ3n) is 4.05. The van der Waals surface area contributed by atoms with E-state index in [0.717, 1.165) is 31.9 Å². The molecule has 7 heteroatoms. The Labute approximate surface area is 139 Å². The highest BCUT2D eigenvalue weighted by atomic mass is 32.1. The zero-order valence-corrected chi connectivity index (χ0v) is 13.8. The first-order chi connectivity index (χ1) is 11.3. The Morgan fingerprint density at radius 1 is 1.48 bits per heavy atom. The highest BCUT2D eigenvalue weighted by Crippen LogP contribution is 2.25. The van der Waals surface area contributed by atoms with Gasteiger partial charge in [-0.1, -0.05) is 6.07 Å². The summed E-state index contributed by atoms with van der Waals surface area (Å²) in [6, 6.07) is 4.44. The number of carbonyl (C=O) groups excluding carboxylic acids is 1. The number of ether oxygens (including phenoxy) is 1. The van der Waals surface area contributed by atoms with Crippen LogP contribution >= 0.6 is 11.3 Å². The summed E-state index contributed by atoms with van der Waals surface area (Å²) in [6.07, 6.45) is 4.79. The van der Waals surface area contributed by atoms with Gasteiger partial charge >= 0.3 is 0 Å². The second kappa shape index (κ2) is 8.24. The fourth-order valence-electron chi connectivity index (χ4n) is 2.75. The van der Waals surface area contributed by atoms with Crippen LogP contribution in [0.5, 0.6) is 0 Å². The van der Waals surface area contributed by atoms with Crippen LogP contribution < -0.4 is 5.32 Å². The number of hydrogen-bond donors (Lipinski definition) is 2. The van der Waals surface area contributed by atoms with Crippen molar-refractivity contribution < 1.29 is 9.53 Å². The highest BCUT2D eigenvalue weighted by molar-refractivity contribution is 7.10. The smallest absolute Gasteiger partial charge is 0.220 e. The van der Waals surface area contributed by atoms with Gasteiger partial charge in [0.15, 0.2) is 0 Å². The predicted molar refractivity (Wildman–Crippen MR) is 89.4 cm³/mol. The van der Waals surface area contributed by atoms with Crippen molar-refractivity contribution in [2.24, 2.45) is 0 Å². The van der Waals surface area contributed by atoms with Gasteiger partial charge in [-0.2, -0.15) is 5.10 Å². The van der Waals surface area contributed by atoms with Crippen molar-refractivity contribution >= 4 is 17.2 Å². The van der Waals surface area contributed by atoms with Crippen LogP contribution in [0.25, 0.3) is 0 Å². The zero-order valence-electron chi connectivity index (χ0n) is 13.0. The molecule has 0 spiro atoms. The average Bonchev–Trinajstić information content (AvgIpc) is 3.28. The molecule has 1 amide bonds. The van der Waals surface area contributed by atoms with Crippen molar-refractivity contribution in [1.29, 1.82) is 0 Å². The van der Waals surface area contributed by atoms with Gasteiger partial charge in [-0.25, -0.2) is 0 Å². The monoisotopic (exact) mass is 334 g/mol. The maximum Gasteiger partial charge on any atom is 0.220 e. The summed E-state index contributed by atoms with van der Waals surface area (Å²) in [5.41, 5.74) is 1.06. The Morgan fingerprint density at radius 2 is 2.35 bits per heavy atom. The number of aromatic amines is 1. The van der Waals surface area contributed by atoms with Gasteiger partial charge in [-0.05, 0) is 23.4 Å². The van der Waals surface area contributed by atoms with Crippen molar-refractivity contribution in [1.82, 2.24) is 20.4 Å². The number of carbonyl (C=O) groups is 1. The molecule has 0 aromatic carbocycles. The molecule has 3 rings (SSSR count). The summed E-state index contributed by atoms with van der Waals surface area (Å²) in [5, 5.41) is 11.8. The van der Waals surface area contributed by atoms with E-state index in [-0.39, 0.29) is 11.9 Å². The largest absolute Gasteiger partial charge is 0.379 e. The maximum atomic E-state index is 12.1. The molecular formula is C16H22N4O2S. The van der Waals surface area contributed by atoms with Gasteiger partial charge in [-0.3, -0.25) is 14.8 Å². The first kappa shape index (κ1) is 16.2. The van der Waals surface area contributed by atoms with E-state index in [1.165, 1.54) is 4.88 Å². The minimum absolute atomic E-state index is 0.0843. The number of hydrogen-bond acceptors (Lipinski definition) is 5. The van der Waals surface area contributed by atoms with Gasteiger partial charge in [0, 0.05) is 37.1 Å². The molecule has 3 heterocycles. The molecule has 0 radical (unpaired) electrons. The molecule has 1 fully saturated rings. The lowest BCUT2D eigenvalue weighted by Gasteiger charge is -2.34. The van der Waals surface area contributed by atoms with Crippen LogP contribution in [0.1, 0.15) is 22.9 Å². The number of amides is 1. The van der Waals surface area contributed by atoms with E-state index in [1.54, 1.807) is 17.5 Å². The lowest BCUT2D eigenvalue weighted by atomic mass is 10.1. The molecular weight excluding hydrogens is 312 g/mol. The molecule has 6 nitrogen and oxygen atoms in total. The number of morpholine rings is 1. The lowest BCUT2D eigenvalue weighted by molar-refractivity contribution is -0.121. The van der Waals surface area contributed by atoms with Crippen molar-refractivity contribution in [3.05, 3.63) is 40.3 Å². The van der Waals surface area contributed by atoms with Crippen molar-refractivity contribution in [3.63, 3.8) is 0 Å². The number of aryl methyl sites for hydroxylation is 1. The summed E-state index contributed by atoms with van der Waals surface area (Å²) in [6.45, 7) is 3.98. The van der Waals surface area contributed by atoms with E-state index in [4.69, 9.17) is 4.74 Å². The molecule has 124 valence electrons. The van der Waals surface area contributed by atoms with E-state index in [1.807, 2.05) is 6.20 Å². The number of H-pyrrole nitrogens is 1. The number of nitrogens with one attached hydrogen (secondary N) is 2. The first-order valence-electron chi connectivity index (χ1n) is 7.92. The van der Waals surface area contributed by atoms with Gasteiger partial charge in [0.2, 0.25) is 5.91 Å². The van der Waals surface area contributed by atoms with Crippen LogP contribution in [0.3, 0.4) is 0 Å². The summed E-state index contributed by atoms with van der Waals surface area (Å²) >= 11 is 1.74. The molecule has 0 bridgehead atoms. The quantitative estimate of drug-likeness (QED) is 0.807. The fraction of sp³-hybridized carbons (Fsp3) is 0.500. The third-order valence-corrected chi connectivity index (χ3v) is 5.02. The SMILES string of the molecule is O=C(CCc1cn[nH]c1)NCC(c1cccs1)N1CCOCC1. The molecule has 2 N–H and O–H groups in total. The van der Waals surface area contributed by atoms with Crippen LogP contribution in [0.15, 0.2) is 29.9 Å². The van der Waals surface area contributed by atoms with Gasteiger partial charge in [0.05, 0.1) is 25.5 Å². The Morgan fingerprint density at radius 3 is 3.04 bits per heavy atom. The maximum absolute atomic E-state index is 12.1. The minimum Gasteiger partial charge on any atom is -0.379 e. The number of rotatable bonds is 7. The van der Waals surface area contributed by atoms with E-state index in [0.29, 0.717) is 19.4 Å². The summed E-state index contributed by atoms with van der Waals surface area (Å²) in [4.78, 5) is 15.8. The number of thiophene rings is 1. The fourth-order valence-corrected chi connectivity index (χ4v) is 3.61. The molecule has 2 aromatic rings. The van der Waals surface area contributed by atoms with Crippen molar-refractivity contribution in [2.45, 2.75) is 18.9 Å². The summed E-state index contributed by atoms with van der Waals surface area (Å²) < 4.78 is 5.44. The molecule has 1 saturated heterocycles. The molecule has 1 atom stereocenters. The Hall–Kier alpha value is -1.70. The topological polar surface area (TPSA) is 70.2 Å². The molecule has 2 aromatic heterocycles. The van der Waals surface area contributed by atoms with E-state index >= 15 is 0 Å². The standard InChI is InChI=1S/C16H22N4O2S/c21-16(4-3-13-10-18-19-11-13)17-12-14(15-2-1-9-23-15)20-5-7-22-8-6-20/h1-2,9-11,14H,3-8,12H2,(H,17,21)(H,18,19). The Balaban J connectivity index is 1.52. The van der Waals surface area contributed by atoms with E-state index in [2.05, 4.69) is 37.9 Å². The van der Waals surface area contributed by atoms with Crippen LogP contribution in [0.2, 0.25) is 0 Å². The minimum atomic E-state index is 0.0843. The molecule has 1 aliphatic heterocycles. The lowest BCUT2D eigenvalue weighted by Crippen LogP contribution is -2.43. The van der Waals surface area contributed by atoms with Crippen LogP contribution in [-0.2, 0) is 16.0 Å². The third kappa shape index (κ3) is 4.63. The average molecular weight is 334 g/mol. The summed E-state index contributed by atoms with van der Waals surface area (Å²) in [7, 11) is 0. The number of nitrogens with zero attached hydrogens (tertiary/aromatic N) is 2. The van der Waals surface area contributed by atoms with Crippen molar-refractivity contribution in [2.75, 3.05) is 32.8 Å². The van der Waals surface area contributed by atoms with Crippen LogP contribution in [0.4, 0.5) is 0 Å². The number of aromatic nitrogens is 2. The highest BCUT2D eigenvalue weighted by Gasteiger charge is 2.23. The van der Waals surface area contributed by atoms with Crippen LogP contribution in [-0.4, -0.2) is 53.9 Å². The molecule has 1 unspecified atom stereocenters. The Kier molecular flexibility index (Phi) is 5.79. The first-order valence-corrected chi connectivity index (χ1v) is 8.80. The predicted octanol–water partition coefficient (Wildman–Crippen LogP) is 1.59. The second-order valence-corrected chi connectivity index (χ2v) is 6.57. The Bertz CT molecular complexity index is 579. The zero-order chi connectivity index (χ0) is 15.9. The second-order valence-electron chi connectivity index (χ2n) is 5.59. The molecule has 0 aliphatic carbocycles. The van der Waals surface area contributed by atoms with Gasteiger partial charge in [0.25, 0.3) is 0 Å². The van der Waals surface area contributed by atoms with Crippen LogP contribution in [0, 0.1) is 0 Å². The van der Waals surface area contributed by atoms with E-state index < -0.39 is 0 Å². The summed E-state index contributed by atoms with van der Waals surface area (Å²) in [5.74, 6) is 0.0843. The van der Waals surface area contributed by atoms with E-state index in [9.17, 15) is 4.79 Å².